The highest BCUT2D eigenvalue weighted by molar-refractivity contribution is 5.97. The predicted octanol–water partition coefficient (Wildman–Crippen LogP) is 8.44. The van der Waals surface area contributed by atoms with Gasteiger partial charge in [-0.15, -0.1) is 0 Å². The minimum Gasteiger partial charge on any atom is -0.365 e. The van der Waals surface area contributed by atoms with E-state index in [9.17, 15) is 0 Å². The van der Waals surface area contributed by atoms with E-state index in [0.29, 0.717) is 0 Å². The van der Waals surface area contributed by atoms with Gasteiger partial charge in [0.2, 0.25) is 0 Å². The first-order valence-electron chi connectivity index (χ1n) is 14.4. The van der Waals surface area contributed by atoms with Crippen LogP contribution in [0.2, 0.25) is 0 Å². The molecule has 1 heterocycles. The van der Waals surface area contributed by atoms with Crippen molar-refractivity contribution in [2.45, 2.75) is 11.6 Å². The van der Waals surface area contributed by atoms with Gasteiger partial charge in [0, 0.05) is 17.8 Å². The van der Waals surface area contributed by atoms with Crippen molar-refractivity contribution in [1.82, 2.24) is 10.6 Å². The van der Waals surface area contributed by atoms with Crippen LogP contribution in [-0.2, 0) is 5.41 Å². The van der Waals surface area contributed by atoms with E-state index in [0.717, 1.165) is 6.54 Å². The summed E-state index contributed by atoms with van der Waals surface area (Å²) in [5.41, 5.74) is 14.3. The van der Waals surface area contributed by atoms with Gasteiger partial charge in [0.1, 0.15) is 6.17 Å². The SMILES string of the molecule is c1cc(-c2cccc3ccccc23)cc(C2NCC3=C(N2)c2ccccc2C32c3ccccc3-c3ccccc32)c1. The molecule has 2 heteroatoms. The predicted molar refractivity (Wildman–Crippen MR) is 168 cm³/mol. The fourth-order valence-corrected chi connectivity index (χ4v) is 7.74. The average molecular weight is 525 g/mol. The van der Waals surface area contributed by atoms with Gasteiger partial charge in [0.25, 0.3) is 0 Å². The standard InChI is InChI=1S/C39H28N2/c1-2-15-28-25(11-1)12-10-19-29(28)26-13-9-14-27(23-26)38-40-24-36-37(41-38)32-18-5-8-22-35(32)39(36)33-20-6-3-16-30(33)31-17-4-7-21-34(31)39/h1-23,38,40-41H,24H2. The third kappa shape index (κ3) is 3.06. The molecular formula is C39H28N2. The van der Waals surface area contributed by atoms with Gasteiger partial charge >= 0.3 is 0 Å². The molecule has 1 aliphatic heterocycles. The molecule has 2 N–H and O–H groups in total. The maximum absolute atomic E-state index is 3.99. The van der Waals surface area contributed by atoms with Crippen LogP contribution in [0, 0.1) is 0 Å². The highest BCUT2D eigenvalue weighted by atomic mass is 15.2. The Kier molecular flexibility index (Phi) is 4.76. The number of fused-ring (bicyclic) bond motifs is 10. The van der Waals surface area contributed by atoms with Crippen LogP contribution in [0.3, 0.4) is 0 Å². The van der Waals surface area contributed by atoms with Gasteiger partial charge in [-0.05, 0) is 66.9 Å². The largest absolute Gasteiger partial charge is 0.365 e. The highest BCUT2D eigenvalue weighted by Crippen LogP contribution is 2.61. The first-order chi connectivity index (χ1) is 20.3. The van der Waals surface area contributed by atoms with Crippen LogP contribution in [0.15, 0.2) is 145 Å². The summed E-state index contributed by atoms with van der Waals surface area (Å²) in [7, 11) is 0. The minimum atomic E-state index is -0.283. The zero-order valence-corrected chi connectivity index (χ0v) is 22.6. The zero-order chi connectivity index (χ0) is 27.0. The van der Waals surface area contributed by atoms with Crippen molar-refractivity contribution in [3.05, 3.63) is 173 Å². The van der Waals surface area contributed by atoms with Gasteiger partial charge in [-0.2, -0.15) is 0 Å². The molecule has 0 radical (unpaired) electrons. The lowest BCUT2D eigenvalue weighted by Crippen LogP contribution is -2.42. The molecule has 0 saturated carbocycles. The highest BCUT2D eigenvalue weighted by Gasteiger charge is 2.53. The summed E-state index contributed by atoms with van der Waals surface area (Å²) in [6.07, 6.45) is 0.0128. The molecule has 6 aromatic rings. The molecule has 0 amide bonds. The monoisotopic (exact) mass is 524 g/mol. The molecule has 0 saturated heterocycles. The molecular weight excluding hydrogens is 496 g/mol. The van der Waals surface area contributed by atoms with Crippen molar-refractivity contribution in [1.29, 1.82) is 0 Å². The van der Waals surface area contributed by atoms with Crippen molar-refractivity contribution < 1.29 is 0 Å². The van der Waals surface area contributed by atoms with E-state index in [1.807, 2.05) is 0 Å². The first kappa shape index (κ1) is 22.9. The summed E-state index contributed by atoms with van der Waals surface area (Å²) < 4.78 is 0. The molecule has 0 aromatic heterocycles. The molecule has 1 unspecified atom stereocenters. The van der Waals surface area contributed by atoms with E-state index in [1.165, 1.54) is 72.1 Å². The molecule has 0 fully saturated rings. The van der Waals surface area contributed by atoms with Gasteiger partial charge in [0.15, 0.2) is 0 Å². The second-order valence-corrected chi connectivity index (χ2v) is 11.4. The van der Waals surface area contributed by atoms with Crippen molar-refractivity contribution >= 4 is 16.5 Å². The number of rotatable bonds is 2. The third-order valence-corrected chi connectivity index (χ3v) is 9.40. The third-order valence-electron chi connectivity index (χ3n) is 9.40. The van der Waals surface area contributed by atoms with Crippen molar-refractivity contribution in [3.63, 3.8) is 0 Å². The number of hydrogen-bond donors (Lipinski definition) is 2. The van der Waals surface area contributed by atoms with Crippen molar-refractivity contribution in [2.75, 3.05) is 6.54 Å². The quantitative estimate of drug-likeness (QED) is 0.238. The smallest absolute Gasteiger partial charge is 0.103 e. The lowest BCUT2D eigenvalue weighted by molar-refractivity contribution is 0.485. The lowest BCUT2D eigenvalue weighted by atomic mass is 9.69. The molecule has 41 heavy (non-hydrogen) atoms. The van der Waals surface area contributed by atoms with Crippen LogP contribution in [0.5, 0.6) is 0 Å². The maximum Gasteiger partial charge on any atom is 0.103 e. The van der Waals surface area contributed by atoms with Crippen LogP contribution in [0.4, 0.5) is 0 Å². The molecule has 6 aromatic carbocycles. The Morgan fingerprint density at radius 3 is 1.90 bits per heavy atom. The average Bonchev–Trinajstić information content (AvgIpc) is 3.52. The van der Waals surface area contributed by atoms with Gasteiger partial charge < -0.3 is 5.32 Å². The molecule has 2 aliphatic carbocycles. The van der Waals surface area contributed by atoms with E-state index in [-0.39, 0.29) is 11.6 Å². The summed E-state index contributed by atoms with van der Waals surface area (Å²) in [5.74, 6) is 0. The normalized spacial score (nSPS) is 17.6. The Bertz CT molecular complexity index is 2000. The van der Waals surface area contributed by atoms with E-state index in [2.05, 4.69) is 150 Å². The molecule has 1 atom stereocenters. The number of benzene rings is 6. The Hall–Kier alpha value is -4.92. The Morgan fingerprint density at radius 1 is 0.537 bits per heavy atom. The topological polar surface area (TPSA) is 24.1 Å². The Morgan fingerprint density at radius 2 is 1.12 bits per heavy atom. The lowest BCUT2D eigenvalue weighted by Gasteiger charge is -2.36. The van der Waals surface area contributed by atoms with Crippen molar-refractivity contribution in [3.8, 4) is 22.3 Å². The van der Waals surface area contributed by atoms with E-state index in [1.54, 1.807) is 0 Å². The molecule has 2 nitrogen and oxygen atoms in total. The summed E-state index contributed by atoms with van der Waals surface area (Å²) >= 11 is 0. The molecule has 1 spiro atoms. The van der Waals surface area contributed by atoms with Gasteiger partial charge in [-0.25, -0.2) is 0 Å². The van der Waals surface area contributed by atoms with Crippen LogP contribution in [0.1, 0.15) is 34.0 Å². The second kappa shape index (κ2) is 8.54. The molecule has 9 rings (SSSR count). The second-order valence-electron chi connectivity index (χ2n) is 11.4. The summed E-state index contributed by atoms with van der Waals surface area (Å²) in [6.45, 7) is 0.808. The molecule has 194 valence electrons. The van der Waals surface area contributed by atoms with Crippen LogP contribution in [0.25, 0.3) is 38.7 Å². The van der Waals surface area contributed by atoms with Crippen LogP contribution < -0.4 is 10.6 Å². The van der Waals surface area contributed by atoms with Gasteiger partial charge in [-0.1, -0.05) is 133 Å². The fraction of sp³-hybridized carbons (Fsp3) is 0.0769. The molecule has 3 aliphatic rings. The van der Waals surface area contributed by atoms with Gasteiger partial charge in [-0.3, -0.25) is 5.32 Å². The zero-order valence-electron chi connectivity index (χ0n) is 22.6. The van der Waals surface area contributed by atoms with E-state index >= 15 is 0 Å². The summed E-state index contributed by atoms with van der Waals surface area (Å²) in [6, 6.07) is 51.2. The summed E-state index contributed by atoms with van der Waals surface area (Å²) in [4.78, 5) is 0. The Balaban J connectivity index is 1.19. The van der Waals surface area contributed by atoms with E-state index in [4.69, 9.17) is 0 Å². The van der Waals surface area contributed by atoms with E-state index < -0.39 is 0 Å². The minimum absolute atomic E-state index is 0.0128. The van der Waals surface area contributed by atoms with Crippen molar-refractivity contribution in [2.24, 2.45) is 0 Å². The fourth-order valence-electron chi connectivity index (χ4n) is 7.74. The number of nitrogens with one attached hydrogen (secondary N) is 2. The first-order valence-corrected chi connectivity index (χ1v) is 14.4. The van der Waals surface area contributed by atoms with Gasteiger partial charge in [0.05, 0.1) is 5.41 Å². The Labute approximate surface area is 240 Å². The molecule has 0 bridgehead atoms. The van der Waals surface area contributed by atoms with Crippen LogP contribution >= 0.6 is 0 Å². The van der Waals surface area contributed by atoms with Crippen LogP contribution in [-0.4, -0.2) is 6.54 Å². The summed E-state index contributed by atoms with van der Waals surface area (Å²) in [5, 5.41) is 10.4. The number of hydrogen-bond acceptors (Lipinski definition) is 2. The maximum atomic E-state index is 3.99.